The molecular weight excluding hydrogens is 371 g/mol. The van der Waals surface area contributed by atoms with Crippen LogP contribution in [0, 0.1) is 0 Å². The van der Waals surface area contributed by atoms with E-state index < -0.39 is 0 Å². The molecule has 0 aliphatic heterocycles. The molecule has 3 N–H and O–H groups in total. The van der Waals surface area contributed by atoms with Gasteiger partial charge < -0.3 is 11.1 Å². The zero-order chi connectivity index (χ0) is 12.4. The number of nitrogens with zero attached hydrogens (tertiary/aromatic N) is 2. The van der Waals surface area contributed by atoms with E-state index in [0.717, 1.165) is 14.6 Å². The summed E-state index contributed by atoms with van der Waals surface area (Å²) in [5.74, 6) is 0.480. The number of hydrogen-bond acceptors (Lipinski definition) is 4. The molecule has 0 atom stereocenters. The third kappa shape index (κ3) is 2.88. The van der Waals surface area contributed by atoms with Crippen LogP contribution in [0.4, 0.5) is 17.2 Å². The molecule has 1 heterocycles. The van der Waals surface area contributed by atoms with Crippen molar-refractivity contribution in [3.63, 3.8) is 0 Å². The van der Waals surface area contributed by atoms with Gasteiger partial charge in [0.15, 0.2) is 11.0 Å². The fourth-order valence-corrected chi connectivity index (χ4v) is 2.47. The third-order valence-corrected chi connectivity index (χ3v) is 3.47. The zero-order valence-corrected chi connectivity index (χ0v) is 12.3. The number of anilines is 3. The molecule has 1 aromatic carbocycles. The molecule has 0 aliphatic carbocycles. The average molecular weight is 378 g/mol. The minimum Gasteiger partial charge on any atom is -0.393 e. The van der Waals surface area contributed by atoms with Crippen LogP contribution in [0.15, 0.2) is 33.5 Å². The second-order valence-corrected chi connectivity index (χ2v) is 5.30. The molecule has 0 saturated heterocycles. The van der Waals surface area contributed by atoms with Gasteiger partial charge in [-0.2, -0.15) is 0 Å². The lowest BCUT2D eigenvalue weighted by Gasteiger charge is -2.10. The predicted molar refractivity (Wildman–Crippen MR) is 76.6 cm³/mol. The van der Waals surface area contributed by atoms with Gasteiger partial charge in [0, 0.05) is 8.95 Å². The highest BCUT2D eigenvalue weighted by Gasteiger charge is 2.08. The quantitative estimate of drug-likeness (QED) is 0.776. The summed E-state index contributed by atoms with van der Waals surface area (Å²) in [6.07, 6.45) is 1.35. The van der Waals surface area contributed by atoms with Gasteiger partial charge in [0.1, 0.15) is 12.0 Å². The van der Waals surface area contributed by atoms with E-state index in [1.54, 1.807) is 0 Å². The van der Waals surface area contributed by atoms with Gasteiger partial charge in [0.05, 0.1) is 5.69 Å². The van der Waals surface area contributed by atoms with Crippen molar-refractivity contribution in [3.8, 4) is 0 Å². The Morgan fingerprint density at radius 2 is 2.00 bits per heavy atom. The predicted octanol–water partition coefficient (Wildman–Crippen LogP) is 3.98. The highest BCUT2D eigenvalue weighted by molar-refractivity contribution is 9.11. The molecule has 2 rings (SSSR count). The Hall–Kier alpha value is -0.850. The van der Waals surface area contributed by atoms with Gasteiger partial charge in [-0.1, -0.05) is 27.5 Å². The maximum atomic E-state index is 5.81. The van der Waals surface area contributed by atoms with Crippen LogP contribution < -0.4 is 11.1 Å². The first kappa shape index (κ1) is 12.6. The zero-order valence-electron chi connectivity index (χ0n) is 8.42. The van der Waals surface area contributed by atoms with Crippen molar-refractivity contribution in [2.24, 2.45) is 0 Å². The minimum absolute atomic E-state index is 0.232. The Morgan fingerprint density at radius 1 is 1.24 bits per heavy atom. The molecule has 1 aromatic heterocycles. The summed E-state index contributed by atoms with van der Waals surface area (Å²) in [5, 5.41) is 3.31. The van der Waals surface area contributed by atoms with Crippen LogP contribution in [0.1, 0.15) is 0 Å². The van der Waals surface area contributed by atoms with Crippen LogP contribution in [0.2, 0.25) is 5.15 Å². The molecule has 0 amide bonds. The maximum Gasteiger partial charge on any atom is 0.158 e. The normalized spacial score (nSPS) is 10.3. The lowest BCUT2D eigenvalue weighted by atomic mass is 10.3. The third-order valence-electron chi connectivity index (χ3n) is 2.02. The van der Waals surface area contributed by atoms with Crippen molar-refractivity contribution in [1.29, 1.82) is 0 Å². The number of nitrogens with two attached hydrogens (primary N) is 1. The fourth-order valence-electron chi connectivity index (χ4n) is 1.19. The minimum atomic E-state index is 0.232. The molecule has 0 unspecified atom stereocenters. The van der Waals surface area contributed by atoms with Crippen LogP contribution in [0.25, 0.3) is 0 Å². The molecule has 4 nitrogen and oxygen atoms in total. The first-order valence-electron chi connectivity index (χ1n) is 4.56. The summed E-state index contributed by atoms with van der Waals surface area (Å²) in [5.41, 5.74) is 6.93. The summed E-state index contributed by atoms with van der Waals surface area (Å²) in [4.78, 5) is 7.82. The summed E-state index contributed by atoms with van der Waals surface area (Å²) in [6, 6.07) is 5.72. The molecule has 17 heavy (non-hydrogen) atoms. The SMILES string of the molecule is Nc1c(Cl)ncnc1Nc1ccc(Br)cc1Br. The number of rotatable bonds is 2. The van der Waals surface area contributed by atoms with Crippen LogP contribution in [-0.2, 0) is 0 Å². The Labute approximate surface area is 120 Å². The Bertz CT molecular complexity index is 562. The van der Waals surface area contributed by atoms with E-state index >= 15 is 0 Å². The van der Waals surface area contributed by atoms with Crippen LogP contribution in [0.3, 0.4) is 0 Å². The van der Waals surface area contributed by atoms with Crippen LogP contribution >= 0.6 is 43.5 Å². The summed E-state index contributed by atoms with van der Waals surface area (Å²) < 4.78 is 1.87. The molecule has 0 fully saturated rings. The van der Waals surface area contributed by atoms with E-state index in [2.05, 4.69) is 47.1 Å². The van der Waals surface area contributed by atoms with Gasteiger partial charge in [0.2, 0.25) is 0 Å². The van der Waals surface area contributed by atoms with E-state index in [1.807, 2.05) is 18.2 Å². The second-order valence-electron chi connectivity index (χ2n) is 3.18. The van der Waals surface area contributed by atoms with Crippen molar-refractivity contribution in [3.05, 3.63) is 38.6 Å². The maximum absolute atomic E-state index is 5.81. The van der Waals surface area contributed by atoms with E-state index in [4.69, 9.17) is 17.3 Å². The molecule has 0 aliphatic rings. The molecule has 0 spiro atoms. The lowest BCUT2D eigenvalue weighted by Crippen LogP contribution is -2.01. The highest BCUT2D eigenvalue weighted by atomic mass is 79.9. The number of nitrogens with one attached hydrogen (secondary N) is 1. The lowest BCUT2D eigenvalue weighted by molar-refractivity contribution is 1.17. The molecule has 0 bridgehead atoms. The summed E-state index contributed by atoms with van der Waals surface area (Å²) in [6.45, 7) is 0. The van der Waals surface area contributed by atoms with Gasteiger partial charge in [-0.05, 0) is 34.1 Å². The molecule has 88 valence electrons. The number of benzene rings is 1. The van der Waals surface area contributed by atoms with Gasteiger partial charge in [-0.25, -0.2) is 9.97 Å². The van der Waals surface area contributed by atoms with Crippen LogP contribution in [0.5, 0.6) is 0 Å². The smallest absolute Gasteiger partial charge is 0.158 e. The molecular formula is C10H7Br2ClN4. The van der Waals surface area contributed by atoms with E-state index in [9.17, 15) is 0 Å². The Kier molecular flexibility index (Phi) is 3.86. The molecule has 0 radical (unpaired) electrons. The fraction of sp³-hybridized carbons (Fsp3) is 0. The van der Waals surface area contributed by atoms with Crippen molar-refractivity contribution in [1.82, 2.24) is 9.97 Å². The van der Waals surface area contributed by atoms with Crippen LogP contribution in [-0.4, -0.2) is 9.97 Å². The second kappa shape index (κ2) is 5.20. The highest BCUT2D eigenvalue weighted by Crippen LogP contribution is 2.31. The average Bonchev–Trinajstić information content (AvgIpc) is 2.28. The van der Waals surface area contributed by atoms with Gasteiger partial charge >= 0.3 is 0 Å². The van der Waals surface area contributed by atoms with E-state index in [1.165, 1.54) is 6.33 Å². The number of nitrogen functional groups attached to an aromatic ring is 1. The standard InChI is InChI=1S/C10H7Br2ClN4/c11-5-1-2-7(6(12)3-5)17-10-8(14)9(13)15-4-16-10/h1-4H,14H2,(H,15,16,17). The number of aromatic nitrogens is 2. The Morgan fingerprint density at radius 3 is 2.71 bits per heavy atom. The summed E-state index contributed by atoms with van der Waals surface area (Å²) in [7, 11) is 0. The van der Waals surface area contributed by atoms with Crippen molar-refractivity contribution in [2.45, 2.75) is 0 Å². The summed E-state index contributed by atoms with van der Waals surface area (Å²) >= 11 is 12.6. The van der Waals surface area contributed by atoms with E-state index in [0.29, 0.717) is 11.5 Å². The van der Waals surface area contributed by atoms with Gasteiger partial charge in [0.25, 0.3) is 0 Å². The van der Waals surface area contributed by atoms with E-state index in [-0.39, 0.29) is 5.15 Å². The first-order valence-corrected chi connectivity index (χ1v) is 6.52. The van der Waals surface area contributed by atoms with Gasteiger partial charge in [-0.3, -0.25) is 0 Å². The molecule has 7 heteroatoms. The first-order chi connectivity index (χ1) is 8.08. The van der Waals surface area contributed by atoms with Crippen molar-refractivity contribution < 1.29 is 0 Å². The van der Waals surface area contributed by atoms with Crippen molar-refractivity contribution in [2.75, 3.05) is 11.1 Å². The monoisotopic (exact) mass is 376 g/mol. The topological polar surface area (TPSA) is 63.8 Å². The molecule has 2 aromatic rings. The van der Waals surface area contributed by atoms with Gasteiger partial charge in [-0.15, -0.1) is 0 Å². The Balaban J connectivity index is 2.35. The number of hydrogen-bond donors (Lipinski definition) is 2. The largest absolute Gasteiger partial charge is 0.393 e. The number of halogens is 3. The molecule has 0 saturated carbocycles. The van der Waals surface area contributed by atoms with Crippen molar-refractivity contribution >= 4 is 60.7 Å².